The molecular formula is C50H44O8. The molecule has 7 aromatic carbocycles. The minimum atomic E-state index is -0.960. The first kappa shape index (κ1) is 39.1. The van der Waals surface area contributed by atoms with Crippen LogP contribution in [0.5, 0.6) is 34.5 Å². The SMILES string of the molecule is O=C(O)Cc1cc(OCc2cc(OCc3ccccc3)cc(OCc3ccccc3)c2)cc(OCc2ccc(OCc3ccccc3)c(OCc3ccccc3)c2)c1. The Labute approximate surface area is 338 Å². The van der Waals surface area contributed by atoms with Crippen molar-refractivity contribution in [2.24, 2.45) is 0 Å². The number of hydrogen-bond acceptors (Lipinski definition) is 7. The number of hydrogen-bond donors (Lipinski definition) is 1. The van der Waals surface area contributed by atoms with E-state index in [2.05, 4.69) is 0 Å². The molecule has 0 aliphatic heterocycles. The first-order valence-corrected chi connectivity index (χ1v) is 19.1. The minimum Gasteiger partial charge on any atom is -0.489 e. The zero-order valence-corrected chi connectivity index (χ0v) is 32.0. The van der Waals surface area contributed by atoms with E-state index in [-0.39, 0.29) is 19.6 Å². The molecule has 0 aliphatic carbocycles. The second-order valence-corrected chi connectivity index (χ2v) is 13.7. The second kappa shape index (κ2) is 20.1. The van der Waals surface area contributed by atoms with E-state index in [1.54, 1.807) is 18.2 Å². The van der Waals surface area contributed by atoms with Crippen LogP contribution in [-0.2, 0) is 50.9 Å². The number of aliphatic carboxylic acids is 1. The van der Waals surface area contributed by atoms with Crippen molar-refractivity contribution < 1.29 is 38.3 Å². The fraction of sp³-hybridized carbons (Fsp3) is 0.140. The average Bonchev–Trinajstić information content (AvgIpc) is 3.26. The summed E-state index contributed by atoms with van der Waals surface area (Å²) < 4.78 is 37.4. The van der Waals surface area contributed by atoms with E-state index in [1.807, 2.05) is 158 Å². The molecule has 0 amide bonds. The van der Waals surface area contributed by atoms with Crippen LogP contribution in [0.4, 0.5) is 0 Å². The lowest BCUT2D eigenvalue weighted by Gasteiger charge is -2.16. The van der Waals surface area contributed by atoms with Gasteiger partial charge in [-0.15, -0.1) is 0 Å². The second-order valence-electron chi connectivity index (χ2n) is 13.7. The third kappa shape index (κ3) is 12.2. The molecule has 8 nitrogen and oxygen atoms in total. The van der Waals surface area contributed by atoms with Crippen molar-refractivity contribution in [3.05, 3.63) is 215 Å². The van der Waals surface area contributed by atoms with Crippen molar-refractivity contribution in [3.8, 4) is 34.5 Å². The Hall–Kier alpha value is -7.19. The first-order chi connectivity index (χ1) is 28.5. The van der Waals surface area contributed by atoms with Crippen molar-refractivity contribution in [2.75, 3.05) is 0 Å². The molecule has 58 heavy (non-hydrogen) atoms. The lowest BCUT2D eigenvalue weighted by molar-refractivity contribution is -0.136. The fourth-order valence-electron chi connectivity index (χ4n) is 6.11. The molecule has 8 heteroatoms. The van der Waals surface area contributed by atoms with E-state index in [9.17, 15) is 9.90 Å². The Kier molecular flexibility index (Phi) is 13.5. The maximum Gasteiger partial charge on any atom is 0.307 e. The van der Waals surface area contributed by atoms with Gasteiger partial charge in [-0.1, -0.05) is 127 Å². The molecule has 1 N–H and O–H groups in total. The normalized spacial score (nSPS) is 10.7. The van der Waals surface area contributed by atoms with Crippen molar-refractivity contribution in [3.63, 3.8) is 0 Å². The summed E-state index contributed by atoms with van der Waals surface area (Å²) in [7, 11) is 0. The Balaban J connectivity index is 1.06. The van der Waals surface area contributed by atoms with Crippen molar-refractivity contribution >= 4 is 5.97 Å². The van der Waals surface area contributed by atoms with Gasteiger partial charge in [-0.3, -0.25) is 4.79 Å². The highest BCUT2D eigenvalue weighted by molar-refractivity contribution is 5.70. The summed E-state index contributed by atoms with van der Waals surface area (Å²) in [5.74, 6) is 2.46. The summed E-state index contributed by atoms with van der Waals surface area (Å²) in [5, 5.41) is 9.66. The Bertz CT molecular complexity index is 2290. The Morgan fingerprint density at radius 1 is 0.328 bits per heavy atom. The summed E-state index contributed by atoms with van der Waals surface area (Å²) in [6.45, 7) is 1.92. The summed E-state index contributed by atoms with van der Waals surface area (Å²) in [6, 6.07) is 56.4. The summed E-state index contributed by atoms with van der Waals surface area (Å²) in [4.78, 5) is 11.8. The van der Waals surface area contributed by atoms with Gasteiger partial charge < -0.3 is 33.5 Å². The van der Waals surface area contributed by atoms with Gasteiger partial charge in [0.25, 0.3) is 0 Å². The van der Waals surface area contributed by atoms with Gasteiger partial charge in [-0.05, 0) is 75.3 Å². The maximum absolute atomic E-state index is 11.8. The predicted molar refractivity (Wildman–Crippen MR) is 222 cm³/mol. The van der Waals surface area contributed by atoms with Crippen LogP contribution in [0.15, 0.2) is 176 Å². The molecule has 0 saturated carbocycles. The minimum absolute atomic E-state index is 0.173. The largest absolute Gasteiger partial charge is 0.489 e. The molecule has 0 aromatic heterocycles. The monoisotopic (exact) mass is 772 g/mol. The number of rotatable bonds is 20. The molecule has 0 atom stereocenters. The highest BCUT2D eigenvalue weighted by Crippen LogP contribution is 2.32. The van der Waals surface area contributed by atoms with E-state index in [0.717, 1.165) is 33.4 Å². The van der Waals surface area contributed by atoms with Gasteiger partial charge >= 0.3 is 5.97 Å². The molecular weight excluding hydrogens is 729 g/mol. The third-order valence-electron chi connectivity index (χ3n) is 9.03. The van der Waals surface area contributed by atoms with Gasteiger partial charge in [0.15, 0.2) is 11.5 Å². The Morgan fingerprint density at radius 2 is 0.672 bits per heavy atom. The number of carbonyl (C=O) groups is 1. The van der Waals surface area contributed by atoms with Crippen LogP contribution in [-0.4, -0.2) is 11.1 Å². The molecule has 0 radical (unpaired) electrons. The fourth-order valence-corrected chi connectivity index (χ4v) is 6.11. The molecule has 0 saturated heterocycles. The van der Waals surface area contributed by atoms with Crippen LogP contribution >= 0.6 is 0 Å². The quantitative estimate of drug-likeness (QED) is 0.0819. The van der Waals surface area contributed by atoms with Crippen LogP contribution in [0, 0.1) is 0 Å². The van der Waals surface area contributed by atoms with Gasteiger partial charge in [0, 0.05) is 12.1 Å². The number of ether oxygens (including phenoxy) is 6. The van der Waals surface area contributed by atoms with Crippen molar-refractivity contribution in [1.29, 1.82) is 0 Å². The van der Waals surface area contributed by atoms with E-state index >= 15 is 0 Å². The lowest BCUT2D eigenvalue weighted by Crippen LogP contribution is -2.04. The van der Waals surface area contributed by atoms with Gasteiger partial charge in [-0.25, -0.2) is 0 Å². The number of benzene rings is 7. The molecule has 0 bridgehead atoms. The lowest BCUT2D eigenvalue weighted by atomic mass is 10.1. The smallest absolute Gasteiger partial charge is 0.307 e. The van der Waals surface area contributed by atoms with Crippen LogP contribution < -0.4 is 28.4 Å². The molecule has 0 fully saturated rings. The first-order valence-electron chi connectivity index (χ1n) is 19.1. The molecule has 7 aromatic rings. The van der Waals surface area contributed by atoms with E-state index in [1.165, 1.54) is 0 Å². The Morgan fingerprint density at radius 3 is 1.09 bits per heavy atom. The van der Waals surface area contributed by atoms with E-state index in [4.69, 9.17) is 28.4 Å². The topological polar surface area (TPSA) is 92.7 Å². The third-order valence-corrected chi connectivity index (χ3v) is 9.03. The van der Waals surface area contributed by atoms with Gasteiger partial charge in [-0.2, -0.15) is 0 Å². The molecule has 0 spiro atoms. The zero-order valence-electron chi connectivity index (χ0n) is 32.0. The number of carboxylic acid groups (broad SMARTS) is 1. The summed E-state index contributed by atoms with van der Waals surface area (Å²) >= 11 is 0. The maximum atomic E-state index is 11.8. The van der Waals surface area contributed by atoms with E-state index < -0.39 is 5.97 Å². The predicted octanol–water partition coefficient (Wildman–Crippen LogP) is 10.8. The zero-order chi connectivity index (χ0) is 39.8. The van der Waals surface area contributed by atoms with Crippen molar-refractivity contribution in [1.82, 2.24) is 0 Å². The summed E-state index contributed by atoms with van der Waals surface area (Å²) in [6.07, 6.45) is -0.196. The van der Waals surface area contributed by atoms with E-state index in [0.29, 0.717) is 66.5 Å². The average molecular weight is 773 g/mol. The van der Waals surface area contributed by atoms with Crippen LogP contribution in [0.1, 0.15) is 38.9 Å². The molecule has 0 aliphatic rings. The van der Waals surface area contributed by atoms with Crippen LogP contribution in [0.3, 0.4) is 0 Å². The number of carboxylic acids is 1. The van der Waals surface area contributed by atoms with Gasteiger partial charge in [0.05, 0.1) is 6.42 Å². The molecule has 292 valence electrons. The van der Waals surface area contributed by atoms with Gasteiger partial charge in [0.1, 0.15) is 62.6 Å². The van der Waals surface area contributed by atoms with Crippen LogP contribution in [0.25, 0.3) is 0 Å². The molecule has 0 unspecified atom stereocenters. The molecule has 7 rings (SSSR count). The van der Waals surface area contributed by atoms with Crippen molar-refractivity contribution in [2.45, 2.75) is 46.1 Å². The highest BCUT2D eigenvalue weighted by atomic mass is 16.5. The van der Waals surface area contributed by atoms with Crippen LogP contribution in [0.2, 0.25) is 0 Å². The standard InChI is InChI=1S/C50H44O8/c51-50(52)28-42-23-44(55-35-41-21-22-48(57-33-39-17-9-3-10-18-39)49(27-41)58-34-40-19-11-4-12-20-40)29-45(24-42)56-36-43-25-46(53-31-37-13-5-1-6-14-37)30-47(26-43)54-32-38-15-7-2-8-16-38/h1-27,29-30H,28,31-36H2,(H,51,52). The highest BCUT2D eigenvalue weighted by Gasteiger charge is 2.13. The summed E-state index contributed by atoms with van der Waals surface area (Å²) in [5.41, 5.74) is 6.37. The van der Waals surface area contributed by atoms with Gasteiger partial charge in [0.2, 0.25) is 0 Å². The molecule has 0 heterocycles.